The summed E-state index contributed by atoms with van der Waals surface area (Å²) in [5.41, 5.74) is 0.869. The summed E-state index contributed by atoms with van der Waals surface area (Å²) < 4.78 is 0.0642. The highest BCUT2D eigenvalue weighted by atomic mass is 79.9. The zero-order valence-corrected chi connectivity index (χ0v) is 23.3. The molecule has 0 aromatic rings. The predicted molar refractivity (Wildman–Crippen MR) is 135 cm³/mol. The van der Waals surface area contributed by atoms with E-state index < -0.39 is 0 Å². The molecule has 0 heterocycles. The van der Waals surface area contributed by atoms with Crippen molar-refractivity contribution in [3.8, 4) is 0 Å². The van der Waals surface area contributed by atoms with Crippen LogP contribution in [0.1, 0.15) is 105 Å². The van der Waals surface area contributed by atoms with Crippen LogP contribution in [-0.2, 0) is 0 Å². The minimum absolute atomic E-state index is 0.0642. The summed E-state index contributed by atoms with van der Waals surface area (Å²) in [5.74, 6) is 5.26. The van der Waals surface area contributed by atoms with Crippen LogP contribution < -0.4 is 0 Å². The average Bonchev–Trinajstić information content (AvgIpc) is 3.01. The lowest BCUT2D eigenvalue weighted by molar-refractivity contribution is -0.111. The van der Waals surface area contributed by atoms with Crippen molar-refractivity contribution in [3.05, 3.63) is 0 Å². The summed E-state index contributed by atoms with van der Waals surface area (Å²) in [6.45, 7) is 12.6. The van der Waals surface area contributed by atoms with E-state index in [0.29, 0.717) is 15.7 Å². The fourth-order valence-electron chi connectivity index (χ4n) is 9.19. The summed E-state index contributed by atoms with van der Waals surface area (Å²) in [5, 5.41) is 10.5. The number of aliphatic hydroxyl groups is 1. The first-order chi connectivity index (χ1) is 14.0. The minimum atomic E-state index is -0.134. The van der Waals surface area contributed by atoms with Crippen molar-refractivity contribution in [1.82, 2.24) is 0 Å². The highest BCUT2D eigenvalue weighted by Crippen LogP contribution is 2.71. The smallest absolute Gasteiger partial charge is 0.0554 e. The molecule has 0 unspecified atom stereocenters. The van der Waals surface area contributed by atoms with E-state index in [0.717, 1.165) is 48.3 Å². The van der Waals surface area contributed by atoms with Crippen molar-refractivity contribution in [1.29, 1.82) is 0 Å². The van der Waals surface area contributed by atoms with E-state index >= 15 is 0 Å². The Labute approximate surface area is 203 Å². The molecule has 0 amide bonds. The van der Waals surface area contributed by atoms with E-state index in [-0.39, 0.29) is 10.4 Å². The van der Waals surface area contributed by atoms with Crippen molar-refractivity contribution >= 4 is 31.9 Å². The summed E-state index contributed by atoms with van der Waals surface area (Å²) in [6.07, 6.45) is 14.3. The van der Waals surface area contributed by atoms with Crippen molar-refractivity contribution in [2.75, 3.05) is 0 Å². The molecule has 4 aliphatic rings. The lowest BCUT2D eigenvalue weighted by atomic mass is 9.44. The van der Waals surface area contributed by atoms with Crippen LogP contribution in [-0.4, -0.2) is 20.4 Å². The van der Waals surface area contributed by atoms with Gasteiger partial charge in [-0.3, -0.25) is 0 Å². The third kappa shape index (κ3) is 3.71. The number of hydrogen-bond donors (Lipinski definition) is 1. The maximum atomic E-state index is 10.5. The Kier molecular flexibility index (Phi) is 6.90. The van der Waals surface area contributed by atoms with Crippen LogP contribution in [0, 0.1) is 46.3 Å². The van der Waals surface area contributed by atoms with E-state index in [9.17, 15) is 5.11 Å². The number of rotatable bonds is 5. The molecule has 0 aromatic heterocycles. The molecule has 4 rings (SSSR count). The average molecular weight is 546 g/mol. The summed E-state index contributed by atoms with van der Waals surface area (Å²) >= 11 is 8.41. The van der Waals surface area contributed by atoms with Crippen LogP contribution in [0.25, 0.3) is 0 Å². The van der Waals surface area contributed by atoms with E-state index in [4.69, 9.17) is 0 Å². The number of halogens is 2. The van der Waals surface area contributed by atoms with Crippen LogP contribution in [0.2, 0.25) is 0 Å². The van der Waals surface area contributed by atoms with Gasteiger partial charge in [-0.15, -0.1) is 0 Å². The van der Waals surface area contributed by atoms with Crippen molar-refractivity contribution in [2.24, 2.45) is 46.3 Å². The van der Waals surface area contributed by atoms with E-state index in [1.54, 1.807) is 0 Å². The molecule has 0 radical (unpaired) electrons. The molecule has 0 spiro atoms. The van der Waals surface area contributed by atoms with Gasteiger partial charge in [-0.1, -0.05) is 85.7 Å². The lowest BCUT2D eigenvalue weighted by Gasteiger charge is -2.65. The highest BCUT2D eigenvalue weighted by molar-refractivity contribution is 9.12. The van der Waals surface area contributed by atoms with Gasteiger partial charge in [0.1, 0.15) is 0 Å². The summed E-state index contributed by atoms with van der Waals surface area (Å²) in [4.78, 5) is 0.482. The van der Waals surface area contributed by atoms with Gasteiger partial charge in [-0.2, -0.15) is 0 Å². The highest BCUT2D eigenvalue weighted by Gasteiger charge is 2.66. The normalized spacial score (nSPS) is 51.9. The topological polar surface area (TPSA) is 20.2 Å². The molecule has 1 nitrogen and oxygen atoms in total. The molecule has 0 bridgehead atoms. The van der Waals surface area contributed by atoms with Gasteiger partial charge in [0.05, 0.1) is 6.10 Å². The molecule has 30 heavy (non-hydrogen) atoms. The quantitative estimate of drug-likeness (QED) is 0.344. The van der Waals surface area contributed by atoms with Crippen molar-refractivity contribution < 1.29 is 5.11 Å². The predicted octanol–water partition coefficient (Wildman–Crippen LogP) is 8.36. The molecule has 0 saturated heterocycles. The van der Waals surface area contributed by atoms with Gasteiger partial charge < -0.3 is 5.11 Å². The van der Waals surface area contributed by atoms with Gasteiger partial charge in [0.25, 0.3) is 0 Å². The zero-order valence-electron chi connectivity index (χ0n) is 20.1. The molecule has 4 fully saturated rings. The Morgan fingerprint density at radius 3 is 2.40 bits per heavy atom. The van der Waals surface area contributed by atoms with Crippen molar-refractivity contribution in [2.45, 2.75) is 121 Å². The molecular weight excluding hydrogens is 500 g/mol. The molecule has 3 heteroatoms. The third-order valence-electron chi connectivity index (χ3n) is 10.9. The van der Waals surface area contributed by atoms with Gasteiger partial charge >= 0.3 is 0 Å². The van der Waals surface area contributed by atoms with Gasteiger partial charge in [-0.05, 0) is 97.7 Å². The second kappa shape index (κ2) is 8.61. The van der Waals surface area contributed by atoms with E-state index in [1.807, 2.05) is 0 Å². The fraction of sp³-hybridized carbons (Fsp3) is 1.00. The first kappa shape index (κ1) is 24.1. The first-order valence-electron chi connectivity index (χ1n) is 13.0. The zero-order chi connectivity index (χ0) is 21.9. The molecule has 1 N–H and O–H groups in total. The van der Waals surface area contributed by atoms with Crippen LogP contribution in [0.3, 0.4) is 0 Å². The molecule has 0 aliphatic heterocycles. The minimum Gasteiger partial charge on any atom is -0.393 e. The Morgan fingerprint density at radius 1 is 0.967 bits per heavy atom. The van der Waals surface area contributed by atoms with Crippen LogP contribution in [0.15, 0.2) is 0 Å². The molecular formula is C27H46Br2O. The Balaban J connectivity index is 1.53. The summed E-state index contributed by atoms with van der Waals surface area (Å²) in [7, 11) is 0. The van der Waals surface area contributed by atoms with Gasteiger partial charge in [0, 0.05) is 9.15 Å². The largest absolute Gasteiger partial charge is 0.393 e. The Hall–Kier alpha value is 0.920. The molecule has 0 aromatic carbocycles. The van der Waals surface area contributed by atoms with Crippen LogP contribution in [0.4, 0.5) is 0 Å². The Bertz CT molecular complexity index is 622. The van der Waals surface area contributed by atoms with Gasteiger partial charge in [0.15, 0.2) is 0 Å². The molecule has 4 aliphatic carbocycles. The summed E-state index contributed by atoms with van der Waals surface area (Å²) in [6, 6.07) is 0. The maximum Gasteiger partial charge on any atom is 0.0554 e. The lowest BCUT2D eigenvalue weighted by Crippen LogP contribution is -2.64. The van der Waals surface area contributed by atoms with Crippen LogP contribution >= 0.6 is 31.9 Å². The number of alkyl halides is 2. The molecule has 4 saturated carbocycles. The second-order valence-corrected chi connectivity index (χ2v) is 15.3. The number of fused-ring (bicyclic) bond motifs is 5. The maximum absolute atomic E-state index is 10.5. The van der Waals surface area contributed by atoms with Crippen LogP contribution in [0.5, 0.6) is 0 Å². The molecule has 174 valence electrons. The molecule has 10 atom stereocenters. The second-order valence-electron chi connectivity index (χ2n) is 12.8. The number of aliphatic hydroxyl groups excluding tert-OH is 1. The van der Waals surface area contributed by atoms with Gasteiger partial charge in [-0.25, -0.2) is 0 Å². The third-order valence-corrected chi connectivity index (χ3v) is 14.5. The standard InChI is InChI=1S/C27H46Br2O/c1-17(2)7-6-8-18(3)21-9-10-22-20-15-24(28)27(29)16-19(30)11-14-26(27,5)23(20)12-13-25(21,22)4/h17-24,30H,6-16H2,1-5H3/t18-,19+,20+,21-,22+,23+,24-,25-,26-,27-/m1/s1. The first-order valence-corrected chi connectivity index (χ1v) is 14.7. The van der Waals surface area contributed by atoms with E-state index in [1.165, 1.54) is 57.8 Å². The van der Waals surface area contributed by atoms with E-state index in [2.05, 4.69) is 66.5 Å². The Morgan fingerprint density at radius 2 is 1.70 bits per heavy atom. The fourth-order valence-corrected chi connectivity index (χ4v) is 11.4. The van der Waals surface area contributed by atoms with Gasteiger partial charge in [0.2, 0.25) is 0 Å². The SMILES string of the molecule is CC(C)CCC[C@@H](C)[C@H]1CC[C@H]2[C@@H]3C[C@@H](Br)[C@]4(Br)C[C@@H](O)CC[C@]4(C)[C@H]3CC[C@]12C. The van der Waals surface area contributed by atoms with Crippen molar-refractivity contribution in [3.63, 3.8) is 0 Å². The number of hydrogen-bond acceptors (Lipinski definition) is 1. The monoisotopic (exact) mass is 544 g/mol.